The van der Waals surface area contributed by atoms with Gasteiger partial charge in [0.25, 0.3) is 0 Å². The van der Waals surface area contributed by atoms with Gasteiger partial charge in [-0.3, -0.25) is 4.98 Å². The Morgan fingerprint density at radius 2 is 1.74 bits per heavy atom. The summed E-state index contributed by atoms with van der Waals surface area (Å²) in [7, 11) is 1.68. The highest BCUT2D eigenvalue weighted by Crippen LogP contribution is 2.42. The summed E-state index contributed by atoms with van der Waals surface area (Å²) >= 11 is 5.88. The normalized spacial score (nSPS) is 17.5. The zero-order chi connectivity index (χ0) is 24.4. The van der Waals surface area contributed by atoms with Crippen LogP contribution >= 0.6 is 12.2 Å². The third kappa shape index (κ3) is 4.59. The first-order valence-electron chi connectivity index (χ1n) is 11.6. The maximum atomic E-state index is 5.88. The van der Waals surface area contributed by atoms with Gasteiger partial charge in [0.15, 0.2) is 5.11 Å². The van der Waals surface area contributed by atoms with E-state index >= 15 is 0 Å². The second-order valence-electron chi connectivity index (χ2n) is 8.66. The Balaban J connectivity index is 1.61. The molecule has 1 aliphatic rings. The van der Waals surface area contributed by atoms with Gasteiger partial charge in [0.1, 0.15) is 17.5 Å². The maximum absolute atomic E-state index is 5.88. The van der Waals surface area contributed by atoms with Crippen molar-refractivity contribution in [3.63, 3.8) is 0 Å². The lowest BCUT2D eigenvalue weighted by Crippen LogP contribution is -2.30. The van der Waals surface area contributed by atoms with Crippen LogP contribution in [-0.4, -0.2) is 27.9 Å². The minimum Gasteiger partial charge on any atom is -0.497 e. The summed E-state index contributed by atoms with van der Waals surface area (Å²) in [5.74, 6) is 1.64. The lowest BCUT2D eigenvalue weighted by molar-refractivity contribution is 0.242. The van der Waals surface area contributed by atoms with Crippen molar-refractivity contribution >= 4 is 23.0 Å². The van der Waals surface area contributed by atoms with E-state index in [2.05, 4.69) is 56.3 Å². The quantitative estimate of drug-likeness (QED) is 0.332. The summed E-state index contributed by atoms with van der Waals surface area (Å²) in [6, 6.07) is 26.0. The van der Waals surface area contributed by atoms with Crippen molar-refractivity contribution in [3.05, 3.63) is 103 Å². The number of hydrogen-bond acceptors (Lipinski definition) is 4. The lowest BCUT2D eigenvalue weighted by atomic mass is 10.0. The van der Waals surface area contributed by atoms with Crippen LogP contribution in [0.25, 0.3) is 5.69 Å². The largest absolute Gasteiger partial charge is 0.497 e. The number of nitrogens with zero attached hydrogens (tertiary/aromatic N) is 3. The molecular formula is C28H28N4O2S. The summed E-state index contributed by atoms with van der Waals surface area (Å²) in [4.78, 5) is 6.83. The van der Waals surface area contributed by atoms with E-state index in [-0.39, 0.29) is 18.2 Å². The topological polar surface area (TPSA) is 51.5 Å². The molecule has 1 aliphatic heterocycles. The second-order valence-corrected chi connectivity index (χ2v) is 9.05. The summed E-state index contributed by atoms with van der Waals surface area (Å²) in [5, 5.41) is 4.18. The molecule has 3 heterocycles. The molecule has 35 heavy (non-hydrogen) atoms. The first-order valence-corrected chi connectivity index (χ1v) is 12.0. The molecule has 1 fully saturated rings. The Morgan fingerprint density at radius 3 is 2.46 bits per heavy atom. The molecule has 7 heteroatoms. The molecule has 0 bridgehead atoms. The number of thiocarbonyl (C=S) groups is 1. The van der Waals surface area contributed by atoms with Gasteiger partial charge in [0.2, 0.25) is 0 Å². The number of aromatic nitrogens is 2. The zero-order valence-corrected chi connectivity index (χ0v) is 20.8. The van der Waals surface area contributed by atoms with E-state index in [0.29, 0.717) is 5.11 Å². The van der Waals surface area contributed by atoms with Crippen molar-refractivity contribution in [2.24, 2.45) is 0 Å². The number of anilines is 1. The van der Waals surface area contributed by atoms with Crippen LogP contribution in [-0.2, 0) is 0 Å². The fourth-order valence-electron chi connectivity index (χ4n) is 4.52. The van der Waals surface area contributed by atoms with E-state index in [1.807, 2.05) is 68.6 Å². The number of ether oxygens (including phenoxy) is 2. The summed E-state index contributed by atoms with van der Waals surface area (Å²) in [5.41, 5.74) is 4.02. The molecule has 4 aromatic rings. The number of nitrogens with one attached hydrogen (secondary N) is 1. The fraction of sp³-hybridized carbons (Fsp3) is 0.214. The van der Waals surface area contributed by atoms with Gasteiger partial charge in [-0.15, -0.1) is 0 Å². The van der Waals surface area contributed by atoms with Crippen molar-refractivity contribution in [2.75, 3.05) is 12.0 Å². The molecule has 1 N–H and O–H groups in total. The molecule has 0 radical (unpaired) electrons. The third-order valence-corrected chi connectivity index (χ3v) is 6.31. The number of benzene rings is 2. The first-order chi connectivity index (χ1) is 17.0. The highest BCUT2D eigenvalue weighted by Gasteiger charge is 2.42. The van der Waals surface area contributed by atoms with Crippen LogP contribution in [0.15, 0.2) is 91.3 Å². The van der Waals surface area contributed by atoms with Crippen LogP contribution in [0.5, 0.6) is 11.5 Å². The first kappa shape index (κ1) is 22.9. The average Bonchev–Trinajstić information content (AvgIpc) is 3.49. The SMILES string of the molecule is COc1cccc(-n2cccc2[C@H]2[C@H](c3ccccn3)NC(=S)N2c2ccc(OC(C)C)cc2)c1. The molecule has 6 nitrogen and oxygen atoms in total. The third-order valence-electron chi connectivity index (χ3n) is 6.00. The van der Waals surface area contributed by atoms with Gasteiger partial charge >= 0.3 is 0 Å². The molecule has 1 saturated heterocycles. The van der Waals surface area contributed by atoms with Crippen LogP contribution in [0.3, 0.4) is 0 Å². The van der Waals surface area contributed by atoms with Crippen molar-refractivity contribution in [3.8, 4) is 17.2 Å². The Hall–Kier alpha value is -3.84. The number of hydrogen-bond donors (Lipinski definition) is 1. The molecule has 2 aromatic carbocycles. The fourth-order valence-corrected chi connectivity index (χ4v) is 4.87. The summed E-state index contributed by atoms with van der Waals surface area (Å²) in [6.45, 7) is 4.04. The number of methoxy groups -OCH3 is 1. The summed E-state index contributed by atoms with van der Waals surface area (Å²) in [6.07, 6.45) is 4.00. The van der Waals surface area contributed by atoms with Gasteiger partial charge in [-0.05, 0) is 86.7 Å². The molecule has 0 aliphatic carbocycles. The highest BCUT2D eigenvalue weighted by atomic mass is 32.1. The molecule has 0 spiro atoms. The van der Waals surface area contributed by atoms with Gasteiger partial charge in [-0.2, -0.15) is 0 Å². The van der Waals surface area contributed by atoms with E-state index in [1.165, 1.54) is 0 Å². The predicted octanol–water partition coefficient (Wildman–Crippen LogP) is 5.85. The monoisotopic (exact) mass is 484 g/mol. The van der Waals surface area contributed by atoms with E-state index in [9.17, 15) is 0 Å². The van der Waals surface area contributed by atoms with Crippen LogP contribution in [0.4, 0.5) is 5.69 Å². The molecule has 2 aromatic heterocycles. The Labute approximate surface area is 211 Å². The highest BCUT2D eigenvalue weighted by molar-refractivity contribution is 7.80. The van der Waals surface area contributed by atoms with Crippen molar-refractivity contribution in [2.45, 2.75) is 32.0 Å². The number of rotatable bonds is 7. The average molecular weight is 485 g/mol. The molecular weight excluding hydrogens is 456 g/mol. The molecule has 178 valence electrons. The van der Waals surface area contributed by atoms with Crippen LogP contribution in [0.1, 0.15) is 37.3 Å². The maximum Gasteiger partial charge on any atom is 0.174 e. The minimum absolute atomic E-state index is 0.114. The van der Waals surface area contributed by atoms with Gasteiger partial charge in [-0.25, -0.2) is 0 Å². The van der Waals surface area contributed by atoms with Gasteiger partial charge in [0.05, 0.1) is 24.9 Å². The molecule has 0 saturated carbocycles. The Kier molecular flexibility index (Phi) is 6.42. The smallest absolute Gasteiger partial charge is 0.174 e. The molecule has 5 rings (SSSR count). The van der Waals surface area contributed by atoms with Crippen LogP contribution in [0.2, 0.25) is 0 Å². The van der Waals surface area contributed by atoms with Crippen molar-refractivity contribution < 1.29 is 9.47 Å². The molecule has 0 unspecified atom stereocenters. The van der Waals surface area contributed by atoms with Gasteiger partial charge < -0.3 is 24.3 Å². The van der Waals surface area contributed by atoms with E-state index < -0.39 is 0 Å². The van der Waals surface area contributed by atoms with Gasteiger partial charge in [-0.1, -0.05) is 12.1 Å². The van der Waals surface area contributed by atoms with Gasteiger partial charge in [0, 0.05) is 35.5 Å². The zero-order valence-electron chi connectivity index (χ0n) is 20.0. The molecule has 0 amide bonds. The lowest BCUT2D eigenvalue weighted by Gasteiger charge is -2.29. The van der Waals surface area contributed by atoms with Crippen molar-refractivity contribution in [1.29, 1.82) is 0 Å². The van der Waals surface area contributed by atoms with Crippen LogP contribution < -0.4 is 19.7 Å². The van der Waals surface area contributed by atoms with Crippen molar-refractivity contribution in [1.82, 2.24) is 14.9 Å². The van der Waals surface area contributed by atoms with E-state index in [4.69, 9.17) is 21.7 Å². The predicted molar refractivity (Wildman–Crippen MR) is 142 cm³/mol. The summed E-state index contributed by atoms with van der Waals surface area (Å²) < 4.78 is 13.5. The second kappa shape index (κ2) is 9.80. The number of pyridine rings is 1. The van der Waals surface area contributed by atoms with E-state index in [1.54, 1.807) is 7.11 Å². The minimum atomic E-state index is -0.130. The standard InChI is InChI=1S/C28H28N4O2S/c1-19(2)34-22-14-12-20(13-15-22)32-27(26(30-28(32)35)24-10-4-5-16-29-24)25-11-7-17-31(25)21-8-6-9-23(18-21)33-3/h4-19,26-27H,1-3H3,(H,30,35)/t26-,27-/m0/s1. The van der Waals surface area contributed by atoms with Crippen LogP contribution in [0, 0.1) is 0 Å². The Morgan fingerprint density at radius 1 is 0.914 bits per heavy atom. The van der Waals surface area contributed by atoms with E-state index in [0.717, 1.165) is 34.3 Å². The molecule has 2 atom stereocenters. The Bertz CT molecular complexity index is 1300.